The highest BCUT2D eigenvalue weighted by Gasteiger charge is 2.61. The Kier molecular flexibility index (Phi) is 6.17. The first-order valence-electron chi connectivity index (χ1n) is 6.59. The van der Waals surface area contributed by atoms with Crippen molar-refractivity contribution in [2.45, 2.75) is 33.6 Å². The van der Waals surface area contributed by atoms with Crippen molar-refractivity contribution in [1.29, 1.82) is 0 Å². The Bertz CT molecular complexity index is 465. The van der Waals surface area contributed by atoms with Gasteiger partial charge in [0.05, 0.1) is 5.92 Å². The minimum Gasteiger partial charge on any atom is -0.461 e. The van der Waals surface area contributed by atoms with E-state index in [1.54, 1.807) is 6.08 Å². The zero-order chi connectivity index (χ0) is 15.3. The summed E-state index contributed by atoms with van der Waals surface area (Å²) in [5.74, 6) is 2.24. The van der Waals surface area contributed by atoms with Crippen molar-refractivity contribution in [2.75, 3.05) is 6.61 Å². The van der Waals surface area contributed by atoms with Gasteiger partial charge in [-0.1, -0.05) is 43.1 Å². The van der Waals surface area contributed by atoms with E-state index >= 15 is 0 Å². The van der Waals surface area contributed by atoms with Crippen molar-refractivity contribution in [2.24, 2.45) is 17.3 Å². The molecule has 0 N–H and O–H groups in total. The molecule has 0 aliphatic heterocycles. The molecule has 2 atom stereocenters. The average molecular weight is 315 g/mol. The van der Waals surface area contributed by atoms with Crippen LogP contribution < -0.4 is 0 Å². The molecule has 2 nitrogen and oxygen atoms in total. The number of terminal acetylenes is 1. The van der Waals surface area contributed by atoms with Crippen LogP contribution in [0.25, 0.3) is 0 Å². The van der Waals surface area contributed by atoms with Crippen molar-refractivity contribution in [3.63, 3.8) is 0 Å². The third-order valence-electron chi connectivity index (χ3n) is 3.69. The van der Waals surface area contributed by atoms with Gasteiger partial charge < -0.3 is 4.74 Å². The smallest absolute Gasteiger partial charge is 0.310 e. The second-order valence-electron chi connectivity index (χ2n) is 5.68. The Morgan fingerprint density at radius 3 is 2.65 bits per heavy atom. The largest absolute Gasteiger partial charge is 0.461 e. The van der Waals surface area contributed by atoms with E-state index in [1.165, 1.54) is 0 Å². The maximum Gasteiger partial charge on any atom is 0.310 e. The molecule has 1 aliphatic carbocycles. The number of rotatable bonds is 6. The first kappa shape index (κ1) is 17.1. The summed E-state index contributed by atoms with van der Waals surface area (Å²) in [7, 11) is 0. The van der Waals surface area contributed by atoms with E-state index in [-0.39, 0.29) is 27.7 Å². The monoisotopic (exact) mass is 314 g/mol. The van der Waals surface area contributed by atoms with Crippen LogP contribution in [0.5, 0.6) is 0 Å². The lowest BCUT2D eigenvalue weighted by atomic mass is 10.1. The van der Waals surface area contributed by atoms with Crippen molar-refractivity contribution >= 4 is 29.2 Å². The third kappa shape index (κ3) is 4.58. The van der Waals surface area contributed by atoms with Crippen LogP contribution in [0.2, 0.25) is 0 Å². The highest BCUT2D eigenvalue weighted by Crippen LogP contribution is 2.60. The molecule has 4 heteroatoms. The van der Waals surface area contributed by atoms with E-state index in [9.17, 15) is 4.79 Å². The van der Waals surface area contributed by atoms with Gasteiger partial charge in [0.15, 0.2) is 0 Å². The number of ether oxygens (including phenoxy) is 1. The number of hydrogen-bond acceptors (Lipinski definition) is 2. The molecule has 1 aliphatic rings. The van der Waals surface area contributed by atoms with Crippen LogP contribution in [0.1, 0.15) is 33.6 Å². The average Bonchev–Trinajstić information content (AvgIpc) is 2.87. The van der Waals surface area contributed by atoms with Crippen molar-refractivity contribution in [1.82, 2.24) is 0 Å². The molecule has 20 heavy (non-hydrogen) atoms. The fourth-order valence-electron chi connectivity index (χ4n) is 2.31. The molecule has 0 saturated heterocycles. The molecular weight excluding hydrogens is 295 g/mol. The van der Waals surface area contributed by atoms with Gasteiger partial charge in [-0.3, -0.25) is 4.79 Å². The van der Waals surface area contributed by atoms with Crippen molar-refractivity contribution in [3.8, 4) is 12.3 Å². The van der Waals surface area contributed by atoms with Gasteiger partial charge in [0.2, 0.25) is 0 Å². The Morgan fingerprint density at radius 1 is 1.45 bits per heavy atom. The zero-order valence-electron chi connectivity index (χ0n) is 12.1. The normalized spacial score (nSPS) is 23.7. The second kappa shape index (κ2) is 7.20. The predicted octanol–water partition coefficient (Wildman–Crippen LogP) is 4.48. The first-order chi connectivity index (χ1) is 9.30. The molecule has 1 rings (SSSR count). The van der Waals surface area contributed by atoms with Gasteiger partial charge >= 0.3 is 5.97 Å². The van der Waals surface area contributed by atoms with Crippen LogP contribution in [0.3, 0.4) is 0 Å². The number of carbonyl (C=O) groups excluding carboxylic acids is 1. The number of hydrogen-bond donors (Lipinski definition) is 0. The van der Waals surface area contributed by atoms with Gasteiger partial charge in [0.1, 0.15) is 11.1 Å². The van der Waals surface area contributed by atoms with Gasteiger partial charge in [-0.2, -0.15) is 0 Å². The van der Waals surface area contributed by atoms with E-state index in [0.717, 1.165) is 12.0 Å². The molecule has 0 aromatic heterocycles. The summed E-state index contributed by atoms with van der Waals surface area (Å²) in [6, 6.07) is 0. The lowest BCUT2D eigenvalue weighted by molar-refractivity contribution is -0.145. The lowest BCUT2D eigenvalue weighted by Gasteiger charge is -2.06. The van der Waals surface area contributed by atoms with Gasteiger partial charge in [-0.05, 0) is 36.3 Å². The fraction of sp³-hybridized carbons (Fsp3) is 0.562. The van der Waals surface area contributed by atoms with Crippen molar-refractivity contribution in [3.05, 3.63) is 22.2 Å². The molecule has 1 saturated carbocycles. The van der Waals surface area contributed by atoms with Crippen LogP contribution in [0.15, 0.2) is 22.2 Å². The molecular formula is C16H20Cl2O2. The number of allylic oxidation sites excluding steroid dienone is 2. The summed E-state index contributed by atoms with van der Waals surface area (Å²) >= 11 is 11.3. The minimum atomic E-state index is -0.199. The van der Waals surface area contributed by atoms with Crippen LogP contribution in [0.4, 0.5) is 0 Å². The molecule has 110 valence electrons. The Labute approximate surface area is 131 Å². The maximum atomic E-state index is 12.1. The van der Waals surface area contributed by atoms with E-state index in [4.69, 9.17) is 34.4 Å². The third-order valence-corrected chi connectivity index (χ3v) is 3.95. The van der Waals surface area contributed by atoms with E-state index in [2.05, 4.69) is 5.92 Å². The van der Waals surface area contributed by atoms with Gasteiger partial charge in [-0.25, -0.2) is 0 Å². The van der Waals surface area contributed by atoms with E-state index < -0.39 is 0 Å². The maximum absolute atomic E-state index is 12.1. The summed E-state index contributed by atoms with van der Waals surface area (Å²) in [4.78, 5) is 12.1. The van der Waals surface area contributed by atoms with E-state index in [0.29, 0.717) is 13.0 Å². The molecule has 0 aromatic rings. The quantitative estimate of drug-likeness (QED) is 0.313. The molecule has 0 amide bonds. The summed E-state index contributed by atoms with van der Waals surface area (Å²) in [5, 5.41) is 0. The number of esters is 1. The summed E-state index contributed by atoms with van der Waals surface area (Å²) in [5.41, 5.74) is 0.863. The Morgan fingerprint density at radius 2 is 2.10 bits per heavy atom. The molecule has 1 fully saturated rings. The Hall–Kier alpha value is -0.910. The molecule has 0 spiro atoms. The molecule has 2 unspecified atom stereocenters. The molecule has 0 radical (unpaired) electrons. The van der Waals surface area contributed by atoms with Crippen LogP contribution in [-0.4, -0.2) is 12.6 Å². The molecule has 0 aromatic carbocycles. The van der Waals surface area contributed by atoms with Gasteiger partial charge in [0.25, 0.3) is 0 Å². The topological polar surface area (TPSA) is 26.3 Å². The van der Waals surface area contributed by atoms with E-state index in [1.807, 2.05) is 26.8 Å². The number of unbranched alkanes of at least 4 members (excludes halogenated alkanes) is 1. The Balaban J connectivity index is 2.47. The zero-order valence-corrected chi connectivity index (χ0v) is 13.6. The van der Waals surface area contributed by atoms with Gasteiger partial charge in [-0.15, -0.1) is 12.3 Å². The fourth-order valence-corrected chi connectivity index (χ4v) is 2.58. The first-order valence-corrected chi connectivity index (χ1v) is 7.34. The van der Waals surface area contributed by atoms with Crippen LogP contribution in [0, 0.1) is 29.6 Å². The van der Waals surface area contributed by atoms with Gasteiger partial charge in [0, 0.05) is 6.42 Å². The standard InChI is InChI=1S/C16H20Cl2O2/c1-5-6-7-8-11(2)10-20-15(19)14-12(9-13(17)18)16(14,3)4/h1,8-9,12,14H,6-7,10H2,2-4H3. The number of carbonyl (C=O) groups is 1. The number of halogens is 2. The van der Waals surface area contributed by atoms with Crippen molar-refractivity contribution < 1.29 is 9.53 Å². The second-order valence-corrected chi connectivity index (χ2v) is 6.69. The summed E-state index contributed by atoms with van der Waals surface area (Å²) in [6.07, 6.45) is 10.4. The minimum absolute atomic E-state index is 0.0470. The van der Waals surface area contributed by atoms with Crippen LogP contribution in [-0.2, 0) is 9.53 Å². The molecule has 0 heterocycles. The molecule has 0 bridgehead atoms. The SMILES string of the molecule is C#CCCC=C(C)COC(=O)C1C(C=C(Cl)Cl)C1(C)C. The van der Waals surface area contributed by atoms with Crippen LogP contribution >= 0.6 is 23.2 Å². The summed E-state index contributed by atoms with van der Waals surface area (Å²) < 4.78 is 5.53. The summed E-state index contributed by atoms with van der Waals surface area (Å²) in [6.45, 7) is 6.24. The predicted molar refractivity (Wildman–Crippen MR) is 83.3 cm³/mol. The highest BCUT2D eigenvalue weighted by molar-refractivity contribution is 6.55. The highest BCUT2D eigenvalue weighted by atomic mass is 35.5. The lowest BCUT2D eigenvalue weighted by Crippen LogP contribution is -2.12.